The minimum Gasteiger partial charge on any atom is -0.497 e. The summed E-state index contributed by atoms with van der Waals surface area (Å²) in [6, 6.07) is 16.8. The van der Waals surface area contributed by atoms with E-state index in [1.807, 2.05) is 0 Å². The van der Waals surface area contributed by atoms with Crippen LogP contribution in [0.2, 0.25) is 0 Å². The van der Waals surface area contributed by atoms with Crippen molar-refractivity contribution >= 4 is 60.7 Å². The number of carbonyl (C=O) groups excluding carboxylic acids is 1. The monoisotopic (exact) mass is 615 g/mol. The summed E-state index contributed by atoms with van der Waals surface area (Å²) in [5.41, 5.74) is 4.43. The fourth-order valence-electron chi connectivity index (χ4n) is 4.63. The number of nitrogens with zero attached hydrogens (tertiary/aromatic N) is 3. The number of aryl methyl sites for hydroxylation is 2. The molecule has 0 atom stereocenters. The van der Waals surface area contributed by atoms with E-state index in [-0.39, 0.29) is 23.2 Å². The Bertz CT molecular complexity index is 1560. The van der Waals surface area contributed by atoms with Crippen molar-refractivity contribution in [2.45, 2.75) is 18.7 Å². The number of thiazole rings is 1. The van der Waals surface area contributed by atoms with E-state index in [1.54, 1.807) is 47.7 Å². The maximum absolute atomic E-state index is 12.6. The number of amides is 1. The van der Waals surface area contributed by atoms with E-state index in [1.165, 1.54) is 35.1 Å². The Morgan fingerprint density at radius 3 is 2.24 bits per heavy atom. The molecule has 1 aliphatic heterocycles. The predicted molar refractivity (Wildman–Crippen MR) is 168 cm³/mol. The van der Waals surface area contributed by atoms with Crippen LogP contribution >= 0.6 is 23.7 Å². The van der Waals surface area contributed by atoms with Crippen LogP contribution in [0.3, 0.4) is 0 Å². The Morgan fingerprint density at radius 1 is 0.951 bits per heavy atom. The van der Waals surface area contributed by atoms with Crippen LogP contribution in [0.4, 0.5) is 10.8 Å². The molecule has 1 amide bonds. The summed E-state index contributed by atoms with van der Waals surface area (Å²) in [5.74, 6) is 0.384. The first-order chi connectivity index (χ1) is 19.2. The van der Waals surface area contributed by atoms with Gasteiger partial charge in [0.1, 0.15) is 5.75 Å². The number of benzene rings is 3. The van der Waals surface area contributed by atoms with Gasteiger partial charge in [-0.1, -0.05) is 23.5 Å². The molecule has 1 aromatic heterocycles. The van der Waals surface area contributed by atoms with Crippen LogP contribution in [0, 0.1) is 13.8 Å². The molecule has 218 valence electrons. The first kappa shape index (κ1) is 30.6. The van der Waals surface area contributed by atoms with Crippen molar-refractivity contribution in [3.05, 3.63) is 77.4 Å². The van der Waals surface area contributed by atoms with Crippen LogP contribution in [0.25, 0.3) is 10.2 Å². The number of piperazine rings is 1. The standard InChI is InChI=1S/C29H33N5O4S2.ClH/c1-20-4-5-21(2)27-26(20)31-29(39-27)34-18-16-33(17-19-34)15-14-30-28(35)22-6-8-23(9-7-22)32-40(36,37)25-12-10-24(38-3)11-13-25;/h4-13,32H,14-19H2,1-3H3,(H,30,35);1H. The van der Waals surface area contributed by atoms with Gasteiger partial charge >= 0.3 is 0 Å². The SMILES string of the molecule is COc1ccc(S(=O)(=O)Nc2ccc(C(=O)NCCN3CCN(c4nc5c(C)ccc(C)c5s4)CC3)cc2)cc1.Cl. The van der Waals surface area contributed by atoms with Gasteiger partial charge in [-0.2, -0.15) is 0 Å². The lowest BCUT2D eigenvalue weighted by atomic mass is 10.1. The van der Waals surface area contributed by atoms with Gasteiger partial charge in [0.25, 0.3) is 15.9 Å². The second kappa shape index (κ2) is 13.1. The van der Waals surface area contributed by atoms with Gasteiger partial charge in [-0.3, -0.25) is 14.4 Å². The van der Waals surface area contributed by atoms with Crippen molar-refractivity contribution in [3.63, 3.8) is 0 Å². The fourth-order valence-corrected chi connectivity index (χ4v) is 6.86. The molecule has 1 saturated heterocycles. The van der Waals surface area contributed by atoms with Crippen molar-refractivity contribution < 1.29 is 17.9 Å². The van der Waals surface area contributed by atoms with E-state index in [9.17, 15) is 13.2 Å². The summed E-state index contributed by atoms with van der Waals surface area (Å²) < 4.78 is 34.2. The van der Waals surface area contributed by atoms with Gasteiger partial charge in [-0.05, 0) is 73.5 Å². The number of hydrogen-bond acceptors (Lipinski definition) is 8. The number of ether oxygens (including phenoxy) is 1. The van der Waals surface area contributed by atoms with Gasteiger partial charge in [-0.15, -0.1) is 12.4 Å². The second-order valence-electron chi connectivity index (χ2n) is 9.82. The van der Waals surface area contributed by atoms with Gasteiger partial charge in [0, 0.05) is 50.5 Å². The number of halogens is 1. The Hall–Kier alpha value is -3.38. The Morgan fingerprint density at radius 2 is 1.61 bits per heavy atom. The molecule has 0 unspecified atom stereocenters. The van der Waals surface area contributed by atoms with E-state index in [4.69, 9.17) is 9.72 Å². The quantitative estimate of drug-likeness (QED) is 0.281. The highest BCUT2D eigenvalue weighted by Crippen LogP contribution is 2.33. The lowest BCUT2D eigenvalue weighted by molar-refractivity contribution is 0.0948. The Kier molecular flexibility index (Phi) is 9.75. The largest absolute Gasteiger partial charge is 0.497 e. The molecule has 0 spiro atoms. The Balaban J connectivity index is 0.00000387. The van der Waals surface area contributed by atoms with Crippen molar-refractivity contribution in [1.82, 2.24) is 15.2 Å². The highest BCUT2D eigenvalue weighted by Gasteiger charge is 2.21. The minimum atomic E-state index is -3.75. The molecule has 1 aliphatic rings. The molecule has 9 nitrogen and oxygen atoms in total. The van der Waals surface area contributed by atoms with Gasteiger partial charge in [0.15, 0.2) is 5.13 Å². The maximum atomic E-state index is 12.6. The highest BCUT2D eigenvalue weighted by atomic mass is 35.5. The van der Waals surface area contributed by atoms with Gasteiger partial charge in [-0.25, -0.2) is 13.4 Å². The van der Waals surface area contributed by atoms with Crippen LogP contribution in [0.5, 0.6) is 5.75 Å². The molecule has 12 heteroatoms. The third kappa shape index (κ3) is 7.10. The lowest BCUT2D eigenvalue weighted by Gasteiger charge is -2.34. The smallest absolute Gasteiger partial charge is 0.261 e. The van der Waals surface area contributed by atoms with Crippen LogP contribution < -0.4 is 19.7 Å². The third-order valence-electron chi connectivity index (χ3n) is 7.06. The number of hydrogen-bond donors (Lipinski definition) is 2. The van der Waals surface area contributed by atoms with Crippen molar-refractivity contribution in [1.29, 1.82) is 0 Å². The molecule has 41 heavy (non-hydrogen) atoms. The summed E-state index contributed by atoms with van der Waals surface area (Å²) in [4.78, 5) is 22.4. The van der Waals surface area contributed by atoms with Crippen LogP contribution in [-0.4, -0.2) is 70.6 Å². The molecule has 3 aromatic carbocycles. The molecule has 0 radical (unpaired) electrons. The normalized spacial score (nSPS) is 14.0. The first-order valence-corrected chi connectivity index (χ1v) is 15.4. The Labute approximate surface area is 251 Å². The molecule has 0 bridgehead atoms. The number of fused-ring (bicyclic) bond motifs is 1. The predicted octanol–water partition coefficient (Wildman–Crippen LogP) is 4.70. The van der Waals surface area contributed by atoms with Crippen molar-refractivity contribution in [2.24, 2.45) is 0 Å². The van der Waals surface area contributed by atoms with Crippen LogP contribution in [0.1, 0.15) is 21.5 Å². The topological polar surface area (TPSA) is 104 Å². The van der Waals surface area contributed by atoms with Crippen molar-refractivity contribution in [3.8, 4) is 5.75 Å². The number of methoxy groups -OCH3 is 1. The molecule has 4 aromatic rings. The summed E-state index contributed by atoms with van der Waals surface area (Å²) in [6.07, 6.45) is 0. The number of sulfonamides is 1. The molecular formula is C29H34ClN5O4S2. The minimum absolute atomic E-state index is 0. The number of carbonyl (C=O) groups is 1. The average molecular weight is 616 g/mol. The first-order valence-electron chi connectivity index (χ1n) is 13.1. The van der Waals surface area contributed by atoms with Crippen molar-refractivity contribution in [2.75, 3.05) is 56.0 Å². The summed E-state index contributed by atoms with van der Waals surface area (Å²) in [7, 11) is -2.23. The van der Waals surface area contributed by atoms with E-state index < -0.39 is 10.0 Å². The van der Waals surface area contributed by atoms with Crippen LogP contribution in [0.15, 0.2) is 65.6 Å². The van der Waals surface area contributed by atoms with Gasteiger partial charge in [0.2, 0.25) is 0 Å². The number of anilines is 2. The van der Waals surface area contributed by atoms with Gasteiger partial charge in [0.05, 0.1) is 22.2 Å². The van der Waals surface area contributed by atoms with E-state index in [0.717, 1.165) is 43.4 Å². The zero-order valence-electron chi connectivity index (χ0n) is 23.2. The number of aromatic nitrogens is 1. The summed E-state index contributed by atoms with van der Waals surface area (Å²) in [5, 5.41) is 4.05. The maximum Gasteiger partial charge on any atom is 0.261 e. The van der Waals surface area contributed by atoms with E-state index in [2.05, 4.69) is 45.8 Å². The number of rotatable bonds is 9. The second-order valence-corrected chi connectivity index (χ2v) is 12.5. The summed E-state index contributed by atoms with van der Waals surface area (Å²) in [6.45, 7) is 9.16. The number of nitrogens with one attached hydrogen (secondary N) is 2. The van der Waals surface area contributed by atoms with E-state index >= 15 is 0 Å². The lowest BCUT2D eigenvalue weighted by Crippen LogP contribution is -2.48. The molecule has 2 heterocycles. The molecule has 0 saturated carbocycles. The average Bonchev–Trinajstić information content (AvgIpc) is 3.43. The summed E-state index contributed by atoms with van der Waals surface area (Å²) >= 11 is 1.77. The fraction of sp³-hybridized carbons (Fsp3) is 0.310. The van der Waals surface area contributed by atoms with Gasteiger partial charge < -0.3 is 15.0 Å². The zero-order chi connectivity index (χ0) is 28.3. The van der Waals surface area contributed by atoms with E-state index in [0.29, 0.717) is 23.5 Å². The third-order valence-corrected chi connectivity index (χ3v) is 9.71. The van der Waals surface area contributed by atoms with Crippen LogP contribution in [-0.2, 0) is 10.0 Å². The molecule has 1 fully saturated rings. The zero-order valence-corrected chi connectivity index (χ0v) is 25.7. The highest BCUT2D eigenvalue weighted by molar-refractivity contribution is 7.92. The molecular weight excluding hydrogens is 582 g/mol. The molecule has 0 aliphatic carbocycles. The molecule has 2 N–H and O–H groups in total. The molecule has 5 rings (SSSR count).